The highest BCUT2D eigenvalue weighted by molar-refractivity contribution is 7.76. The second-order valence-electron chi connectivity index (χ2n) is 6.34. The van der Waals surface area contributed by atoms with Crippen molar-refractivity contribution < 1.29 is 18.9 Å². The largest absolute Gasteiger partial charge is 0.714 e. The van der Waals surface area contributed by atoms with Gasteiger partial charge >= 0.3 is 5.91 Å². The molecule has 6 heteroatoms. The van der Waals surface area contributed by atoms with Crippen LogP contribution in [0.5, 0.6) is 11.5 Å². The molecule has 1 unspecified atom stereocenters. The Morgan fingerprint density at radius 2 is 1.77 bits per heavy atom. The number of rotatable bonds is 6. The molecule has 2 aromatic carbocycles. The Kier molecular flexibility index (Phi) is 5.54. The predicted molar refractivity (Wildman–Crippen MR) is 101 cm³/mol. The van der Waals surface area contributed by atoms with Crippen LogP contribution in [0.3, 0.4) is 0 Å². The minimum atomic E-state index is -0.480. The van der Waals surface area contributed by atoms with Gasteiger partial charge in [0.05, 0.1) is 13.0 Å². The molecule has 2 amide bonds. The first-order valence-electron chi connectivity index (χ1n) is 8.76. The van der Waals surface area contributed by atoms with Gasteiger partial charge < -0.3 is 17.4 Å². The molecule has 5 nitrogen and oxygen atoms in total. The lowest BCUT2D eigenvalue weighted by Gasteiger charge is -2.42. The van der Waals surface area contributed by atoms with Gasteiger partial charge in [-0.2, -0.15) is 4.59 Å². The first-order valence-corrected chi connectivity index (χ1v) is 9.17. The number of amides is 2. The predicted octanol–water partition coefficient (Wildman–Crippen LogP) is 4.02. The second-order valence-corrected chi connectivity index (χ2v) is 6.69. The zero-order chi connectivity index (χ0) is 18.6. The highest BCUT2D eigenvalue weighted by atomic mass is 32.1. The first-order chi connectivity index (χ1) is 12.5. The van der Waals surface area contributed by atoms with E-state index in [1.165, 1.54) is 5.01 Å². The molecule has 0 N–H and O–H groups in total. The van der Waals surface area contributed by atoms with E-state index in [0.717, 1.165) is 23.5 Å². The summed E-state index contributed by atoms with van der Waals surface area (Å²) < 4.78 is 5.80. The fraction of sp³-hybridized carbons (Fsp3) is 0.300. The van der Waals surface area contributed by atoms with Crippen molar-refractivity contribution in [1.29, 1.82) is 0 Å². The van der Waals surface area contributed by atoms with Crippen molar-refractivity contribution in [2.24, 2.45) is 0 Å². The molecule has 2 aromatic rings. The van der Waals surface area contributed by atoms with E-state index in [4.69, 9.17) is 17.4 Å². The van der Waals surface area contributed by atoms with Gasteiger partial charge in [0.1, 0.15) is 24.6 Å². The molecule has 1 heterocycles. The van der Waals surface area contributed by atoms with Crippen LogP contribution >= 0.6 is 0 Å². The number of carbonyl (C=O) groups is 2. The fourth-order valence-electron chi connectivity index (χ4n) is 3.48. The van der Waals surface area contributed by atoms with Crippen molar-refractivity contribution >= 4 is 23.8 Å². The van der Waals surface area contributed by atoms with Crippen molar-refractivity contribution in [2.75, 3.05) is 13.1 Å². The van der Waals surface area contributed by atoms with E-state index in [1.54, 1.807) is 0 Å². The fourth-order valence-corrected chi connectivity index (χ4v) is 3.76. The number of benzene rings is 2. The third kappa shape index (κ3) is 3.71. The zero-order valence-corrected chi connectivity index (χ0v) is 15.6. The van der Waals surface area contributed by atoms with Crippen LogP contribution in [0.1, 0.15) is 25.3 Å². The molecule has 0 radical (unpaired) electrons. The maximum absolute atomic E-state index is 12.6. The standard InChI is InChI=1S/C20H22N2O3S/c1-2-21(20(24)26)22(14-6-9-19(22)23)15-16-10-12-18(13-11-16)25-17-7-4-3-5-8-17/h3-5,7-8,10-13H,2,6,9,14-15H2,1H3. The van der Waals surface area contributed by atoms with Crippen LogP contribution in [-0.4, -0.2) is 33.8 Å². The summed E-state index contributed by atoms with van der Waals surface area (Å²) >= 11 is 4.87. The van der Waals surface area contributed by atoms with E-state index < -0.39 is 5.24 Å². The van der Waals surface area contributed by atoms with E-state index in [0.29, 0.717) is 26.1 Å². The minimum absolute atomic E-state index is 0.00226. The van der Waals surface area contributed by atoms with Crippen LogP contribution in [-0.2, 0) is 24.0 Å². The monoisotopic (exact) mass is 370 g/mol. The lowest BCUT2D eigenvalue weighted by molar-refractivity contribution is -0.959. The van der Waals surface area contributed by atoms with E-state index in [9.17, 15) is 9.59 Å². The van der Waals surface area contributed by atoms with Gasteiger partial charge in [-0.05, 0) is 43.3 Å². The highest BCUT2D eigenvalue weighted by Gasteiger charge is 2.46. The van der Waals surface area contributed by atoms with Crippen molar-refractivity contribution in [3.8, 4) is 11.5 Å². The number of hydrogen-bond donors (Lipinski definition) is 0. The number of carbonyl (C=O) groups excluding carboxylic acids is 2. The maximum atomic E-state index is 12.6. The third-order valence-corrected chi connectivity index (χ3v) is 4.91. The zero-order valence-electron chi connectivity index (χ0n) is 14.8. The molecule has 0 saturated carbocycles. The van der Waals surface area contributed by atoms with Crippen molar-refractivity contribution in [1.82, 2.24) is 5.01 Å². The Hall–Kier alpha value is -2.44. The lowest BCUT2D eigenvalue weighted by atomic mass is 10.2. The molecule has 1 aliphatic rings. The Balaban J connectivity index is 1.79. The van der Waals surface area contributed by atoms with Crippen LogP contribution < -0.4 is 4.74 Å². The molecule has 0 aromatic heterocycles. The Labute approximate surface area is 159 Å². The van der Waals surface area contributed by atoms with Crippen LogP contribution in [0.15, 0.2) is 54.6 Å². The quantitative estimate of drug-likeness (QED) is 0.569. The van der Waals surface area contributed by atoms with Gasteiger partial charge in [-0.1, -0.05) is 18.2 Å². The van der Waals surface area contributed by atoms with Gasteiger partial charge in [-0.3, -0.25) is 4.79 Å². The summed E-state index contributed by atoms with van der Waals surface area (Å²) in [7, 11) is 0. The molecule has 136 valence electrons. The van der Waals surface area contributed by atoms with Gasteiger partial charge in [0.2, 0.25) is 0 Å². The number of para-hydroxylation sites is 1. The normalized spacial score (nSPS) is 19.3. The third-order valence-electron chi connectivity index (χ3n) is 4.70. The summed E-state index contributed by atoms with van der Waals surface area (Å²) in [5, 5.41) is 1.02. The molecule has 0 bridgehead atoms. The van der Waals surface area contributed by atoms with E-state index in [2.05, 4.69) is 0 Å². The summed E-state index contributed by atoms with van der Waals surface area (Å²) in [6.45, 7) is 3.31. The molecule has 1 fully saturated rings. The summed E-state index contributed by atoms with van der Waals surface area (Å²) in [6.07, 6.45) is 1.25. The van der Waals surface area contributed by atoms with Gasteiger partial charge in [0, 0.05) is 12.0 Å². The lowest BCUT2D eigenvalue weighted by Crippen LogP contribution is -2.61. The molecule has 0 spiro atoms. The van der Waals surface area contributed by atoms with Crippen LogP contribution in [0.4, 0.5) is 4.79 Å². The summed E-state index contributed by atoms with van der Waals surface area (Å²) in [5.41, 5.74) is 0.968. The Morgan fingerprint density at radius 1 is 1.12 bits per heavy atom. The molecular formula is C20H22N2O3S. The van der Waals surface area contributed by atoms with E-state index >= 15 is 0 Å². The maximum Gasteiger partial charge on any atom is 0.338 e. The molecule has 1 aliphatic heterocycles. The molecule has 1 atom stereocenters. The second kappa shape index (κ2) is 7.85. The van der Waals surface area contributed by atoms with Crippen molar-refractivity contribution in [3.05, 3.63) is 60.2 Å². The molecule has 0 aliphatic carbocycles. The van der Waals surface area contributed by atoms with Crippen LogP contribution in [0, 0.1) is 0 Å². The summed E-state index contributed by atoms with van der Waals surface area (Å²) in [6, 6.07) is 17.2. The van der Waals surface area contributed by atoms with E-state index in [1.807, 2.05) is 61.5 Å². The minimum Gasteiger partial charge on any atom is -0.714 e. The van der Waals surface area contributed by atoms with Crippen molar-refractivity contribution in [3.63, 3.8) is 0 Å². The average molecular weight is 370 g/mol. The average Bonchev–Trinajstić information content (AvgIpc) is 2.99. The number of quaternary nitrogens is 1. The van der Waals surface area contributed by atoms with Gasteiger partial charge in [-0.15, -0.1) is 0 Å². The number of likely N-dealkylation sites (tertiary alicyclic amines) is 1. The van der Waals surface area contributed by atoms with E-state index in [-0.39, 0.29) is 10.5 Å². The molecule has 26 heavy (non-hydrogen) atoms. The summed E-state index contributed by atoms with van der Waals surface area (Å²) in [4.78, 5) is 24.5. The molecule has 3 rings (SSSR count). The first kappa shape index (κ1) is 18.4. The number of ether oxygens (including phenoxy) is 1. The SMILES string of the molecule is CCN(C(=O)[S-])[N+]1(Cc2ccc(Oc3ccccc3)cc2)CCCC1=O. The summed E-state index contributed by atoms with van der Waals surface area (Å²) in [5.74, 6) is 1.55. The number of hydrogen-bond acceptors (Lipinski definition) is 4. The van der Waals surface area contributed by atoms with Crippen molar-refractivity contribution in [2.45, 2.75) is 26.3 Å². The van der Waals surface area contributed by atoms with Gasteiger partial charge in [0.15, 0.2) is 5.24 Å². The van der Waals surface area contributed by atoms with Crippen LogP contribution in [0.2, 0.25) is 0 Å². The van der Waals surface area contributed by atoms with Gasteiger partial charge in [0.25, 0.3) is 0 Å². The Bertz CT molecular complexity index is 779. The Morgan fingerprint density at radius 3 is 2.31 bits per heavy atom. The smallest absolute Gasteiger partial charge is 0.338 e. The topological polar surface area (TPSA) is 46.6 Å². The van der Waals surface area contributed by atoms with Gasteiger partial charge in [-0.25, -0.2) is 9.80 Å². The van der Waals surface area contributed by atoms with Crippen LogP contribution in [0.25, 0.3) is 0 Å². The number of nitrogens with zero attached hydrogens (tertiary/aromatic N) is 2. The molecule has 1 saturated heterocycles. The molecular weight excluding hydrogens is 348 g/mol. The highest BCUT2D eigenvalue weighted by Crippen LogP contribution is 2.29.